The number of hydrogen-bond acceptors (Lipinski definition) is 6. The van der Waals surface area contributed by atoms with E-state index in [2.05, 4.69) is 15.5 Å². The van der Waals surface area contributed by atoms with Crippen molar-refractivity contribution in [1.29, 1.82) is 0 Å². The largest absolute Gasteiger partial charge is 0.352 e. The molecule has 1 aromatic heterocycles. The molecule has 1 aliphatic heterocycles. The zero-order chi connectivity index (χ0) is 17.2. The van der Waals surface area contributed by atoms with Gasteiger partial charge in [0.2, 0.25) is 17.6 Å². The van der Waals surface area contributed by atoms with Crippen molar-refractivity contribution in [2.75, 3.05) is 11.5 Å². The fraction of sp³-hybridized carbons (Fsp3) is 0.400. The summed E-state index contributed by atoms with van der Waals surface area (Å²) in [5.74, 6) is 0.616. The van der Waals surface area contributed by atoms with Gasteiger partial charge in [-0.1, -0.05) is 28.9 Å². The highest BCUT2D eigenvalue weighted by molar-refractivity contribution is 7.91. The number of carbonyl (C=O) groups is 1. The molecule has 9 heteroatoms. The summed E-state index contributed by atoms with van der Waals surface area (Å²) in [6.45, 7) is 0. The first-order chi connectivity index (χ1) is 11.4. The zero-order valence-electron chi connectivity index (χ0n) is 12.7. The summed E-state index contributed by atoms with van der Waals surface area (Å²) < 4.78 is 27.9. The molecule has 1 aliphatic rings. The van der Waals surface area contributed by atoms with Crippen LogP contribution in [-0.4, -0.2) is 42.0 Å². The molecule has 1 fully saturated rings. The standard InChI is InChI=1S/C15H16ClN3O4S/c16-12-4-2-1-3-11(12)15-18-14(23-19-15)6-5-13(20)17-10-7-8-24(21,22)9-10/h1-4,10H,5-9H2,(H,17,20). The molecule has 24 heavy (non-hydrogen) atoms. The van der Waals surface area contributed by atoms with Crippen molar-refractivity contribution >= 4 is 27.3 Å². The number of carbonyl (C=O) groups excluding carboxylic acids is 1. The number of sulfone groups is 1. The van der Waals surface area contributed by atoms with Gasteiger partial charge in [-0.3, -0.25) is 4.79 Å². The number of aromatic nitrogens is 2. The van der Waals surface area contributed by atoms with Crippen molar-refractivity contribution in [3.63, 3.8) is 0 Å². The highest BCUT2D eigenvalue weighted by Gasteiger charge is 2.28. The zero-order valence-corrected chi connectivity index (χ0v) is 14.3. The minimum atomic E-state index is -3.01. The molecule has 1 unspecified atom stereocenters. The van der Waals surface area contributed by atoms with Gasteiger partial charge in [-0.15, -0.1) is 0 Å². The van der Waals surface area contributed by atoms with Crippen LogP contribution in [0.1, 0.15) is 18.7 Å². The molecule has 1 atom stereocenters. The smallest absolute Gasteiger partial charge is 0.227 e. The fourth-order valence-corrected chi connectivity index (χ4v) is 4.43. The van der Waals surface area contributed by atoms with Gasteiger partial charge in [-0.05, 0) is 18.6 Å². The summed E-state index contributed by atoms with van der Waals surface area (Å²) in [5, 5.41) is 7.11. The lowest BCUT2D eigenvalue weighted by atomic mass is 10.2. The van der Waals surface area contributed by atoms with Gasteiger partial charge in [-0.25, -0.2) is 8.42 Å². The number of benzene rings is 1. The Labute approximate surface area is 144 Å². The summed E-state index contributed by atoms with van der Waals surface area (Å²) >= 11 is 6.08. The summed E-state index contributed by atoms with van der Waals surface area (Å²) in [7, 11) is -3.01. The van der Waals surface area contributed by atoms with E-state index in [4.69, 9.17) is 16.1 Å². The first-order valence-electron chi connectivity index (χ1n) is 7.50. The van der Waals surface area contributed by atoms with Crippen molar-refractivity contribution in [2.45, 2.75) is 25.3 Å². The lowest BCUT2D eigenvalue weighted by Crippen LogP contribution is -2.35. The number of rotatable bonds is 5. The van der Waals surface area contributed by atoms with Crippen LogP contribution in [0, 0.1) is 0 Å². The van der Waals surface area contributed by atoms with Crippen LogP contribution in [-0.2, 0) is 21.1 Å². The summed E-state index contributed by atoms with van der Waals surface area (Å²) in [5.41, 5.74) is 0.662. The third-order valence-corrected chi connectivity index (χ3v) is 5.84. The lowest BCUT2D eigenvalue weighted by Gasteiger charge is -2.09. The molecule has 2 aromatic rings. The van der Waals surface area contributed by atoms with Crippen LogP contribution in [0.4, 0.5) is 0 Å². The number of halogens is 1. The predicted octanol–water partition coefficient (Wildman–Crippen LogP) is 1.63. The second-order valence-electron chi connectivity index (χ2n) is 5.66. The highest BCUT2D eigenvalue weighted by atomic mass is 35.5. The maximum absolute atomic E-state index is 11.9. The number of amides is 1. The van der Waals surface area contributed by atoms with Crippen LogP contribution in [0.2, 0.25) is 5.02 Å². The molecule has 0 aliphatic carbocycles. The maximum Gasteiger partial charge on any atom is 0.227 e. The van der Waals surface area contributed by atoms with Crippen LogP contribution in [0.5, 0.6) is 0 Å². The van der Waals surface area contributed by atoms with Crippen molar-refractivity contribution in [3.8, 4) is 11.4 Å². The molecule has 0 bridgehead atoms. The van der Waals surface area contributed by atoms with Crippen LogP contribution in [0.15, 0.2) is 28.8 Å². The minimum absolute atomic E-state index is 0.00987. The summed E-state index contributed by atoms with van der Waals surface area (Å²) in [6.07, 6.45) is 0.898. The Morgan fingerprint density at radius 3 is 2.88 bits per heavy atom. The number of nitrogens with one attached hydrogen (secondary N) is 1. The van der Waals surface area contributed by atoms with Gasteiger partial charge in [0, 0.05) is 24.4 Å². The molecular weight excluding hydrogens is 354 g/mol. The van der Waals surface area contributed by atoms with E-state index in [1.54, 1.807) is 18.2 Å². The van der Waals surface area contributed by atoms with Crippen LogP contribution >= 0.6 is 11.6 Å². The van der Waals surface area contributed by atoms with E-state index in [-0.39, 0.29) is 36.3 Å². The van der Waals surface area contributed by atoms with E-state index in [1.165, 1.54) is 0 Å². The van der Waals surface area contributed by atoms with Gasteiger partial charge in [-0.2, -0.15) is 4.98 Å². The van der Waals surface area contributed by atoms with Crippen molar-refractivity contribution in [1.82, 2.24) is 15.5 Å². The van der Waals surface area contributed by atoms with Crippen molar-refractivity contribution in [3.05, 3.63) is 35.2 Å². The molecule has 128 valence electrons. The molecule has 1 aromatic carbocycles. The van der Waals surface area contributed by atoms with Gasteiger partial charge < -0.3 is 9.84 Å². The SMILES string of the molecule is O=C(CCc1nc(-c2ccccc2Cl)no1)NC1CCS(=O)(=O)C1. The van der Waals surface area contributed by atoms with Crippen LogP contribution in [0.25, 0.3) is 11.4 Å². The normalized spacial score (nSPS) is 19.3. The average molecular weight is 370 g/mol. The topological polar surface area (TPSA) is 102 Å². The molecule has 0 saturated carbocycles. The van der Waals surface area contributed by atoms with Gasteiger partial charge in [0.25, 0.3) is 0 Å². The highest BCUT2D eigenvalue weighted by Crippen LogP contribution is 2.25. The fourth-order valence-electron chi connectivity index (χ4n) is 2.54. The summed E-state index contributed by atoms with van der Waals surface area (Å²) in [6, 6.07) is 6.84. The first kappa shape index (κ1) is 16.9. The van der Waals surface area contributed by atoms with Gasteiger partial charge >= 0.3 is 0 Å². The van der Waals surface area contributed by atoms with E-state index in [0.29, 0.717) is 28.7 Å². The third kappa shape index (κ3) is 4.12. The molecule has 1 saturated heterocycles. The van der Waals surface area contributed by atoms with Crippen LogP contribution in [0.3, 0.4) is 0 Å². The Balaban J connectivity index is 1.54. The van der Waals surface area contributed by atoms with Crippen LogP contribution < -0.4 is 5.32 Å². The van der Waals surface area contributed by atoms with E-state index >= 15 is 0 Å². The lowest BCUT2D eigenvalue weighted by molar-refractivity contribution is -0.121. The Morgan fingerprint density at radius 1 is 1.38 bits per heavy atom. The minimum Gasteiger partial charge on any atom is -0.352 e. The Morgan fingerprint density at radius 2 is 2.17 bits per heavy atom. The van der Waals surface area contributed by atoms with Crippen molar-refractivity contribution in [2.24, 2.45) is 0 Å². The van der Waals surface area contributed by atoms with Gasteiger partial charge in [0.1, 0.15) is 0 Å². The maximum atomic E-state index is 11.9. The molecule has 0 radical (unpaired) electrons. The number of nitrogens with zero attached hydrogens (tertiary/aromatic N) is 2. The van der Waals surface area contributed by atoms with E-state index < -0.39 is 9.84 Å². The monoisotopic (exact) mass is 369 g/mol. The number of hydrogen-bond donors (Lipinski definition) is 1. The number of aryl methyl sites for hydroxylation is 1. The van der Waals surface area contributed by atoms with E-state index in [9.17, 15) is 13.2 Å². The molecule has 1 amide bonds. The molecule has 7 nitrogen and oxygen atoms in total. The molecule has 2 heterocycles. The Hall–Kier alpha value is -1.93. The first-order valence-corrected chi connectivity index (χ1v) is 9.70. The molecular formula is C15H16ClN3O4S. The summed E-state index contributed by atoms with van der Waals surface area (Å²) in [4.78, 5) is 16.1. The van der Waals surface area contributed by atoms with Gasteiger partial charge in [0.15, 0.2) is 9.84 Å². The molecule has 1 N–H and O–H groups in total. The third-order valence-electron chi connectivity index (χ3n) is 3.75. The average Bonchev–Trinajstić information content (AvgIpc) is 3.12. The quantitative estimate of drug-likeness (QED) is 0.859. The van der Waals surface area contributed by atoms with Crippen molar-refractivity contribution < 1.29 is 17.7 Å². The Bertz CT molecular complexity index is 850. The van der Waals surface area contributed by atoms with E-state index in [0.717, 1.165) is 0 Å². The van der Waals surface area contributed by atoms with E-state index in [1.807, 2.05) is 6.07 Å². The van der Waals surface area contributed by atoms with Gasteiger partial charge in [0.05, 0.1) is 16.5 Å². The Kier molecular flexibility index (Phi) is 4.86. The second-order valence-corrected chi connectivity index (χ2v) is 8.29. The molecule has 0 spiro atoms. The predicted molar refractivity (Wildman–Crippen MR) is 88.3 cm³/mol. The second kappa shape index (κ2) is 6.90. The molecule has 3 rings (SSSR count).